The summed E-state index contributed by atoms with van der Waals surface area (Å²) in [5.41, 5.74) is 5.78. The molecule has 2 N–H and O–H groups in total. The summed E-state index contributed by atoms with van der Waals surface area (Å²) < 4.78 is 49.2. The van der Waals surface area contributed by atoms with E-state index in [0.29, 0.717) is 0 Å². The Morgan fingerprint density at radius 3 is 2.42 bits per heavy atom. The number of hydrogen-bond acceptors (Lipinski definition) is 5. The fraction of sp³-hybridized carbons (Fsp3) is 0.364. The maximum Gasteiger partial charge on any atom is 0.573 e. The van der Waals surface area contributed by atoms with Crippen LogP contribution in [0.5, 0.6) is 11.5 Å². The maximum atomic E-state index is 12.1. The van der Waals surface area contributed by atoms with E-state index in [4.69, 9.17) is 10.5 Å². The highest BCUT2D eigenvalue weighted by Gasteiger charge is 2.31. The average Bonchev–Trinajstić information content (AvgIpc) is 2.34. The van der Waals surface area contributed by atoms with Crippen LogP contribution in [0.3, 0.4) is 0 Å². The molecule has 0 aliphatic carbocycles. The Morgan fingerprint density at radius 2 is 1.95 bits per heavy atom. The number of hydrogen-bond donors (Lipinski definition) is 1. The molecule has 0 bridgehead atoms. The van der Waals surface area contributed by atoms with Gasteiger partial charge >= 0.3 is 12.3 Å². The van der Waals surface area contributed by atoms with Crippen molar-refractivity contribution in [3.05, 3.63) is 23.8 Å². The monoisotopic (exact) mass is 279 g/mol. The van der Waals surface area contributed by atoms with Gasteiger partial charge in [-0.3, -0.25) is 4.79 Å². The summed E-state index contributed by atoms with van der Waals surface area (Å²) >= 11 is 0. The highest BCUT2D eigenvalue weighted by molar-refractivity contribution is 5.78. The van der Waals surface area contributed by atoms with Crippen LogP contribution in [0, 0.1) is 0 Å². The first-order valence-corrected chi connectivity index (χ1v) is 5.05. The van der Waals surface area contributed by atoms with Crippen molar-refractivity contribution < 1.29 is 32.2 Å². The quantitative estimate of drug-likeness (QED) is 0.850. The van der Waals surface area contributed by atoms with Crippen molar-refractivity contribution in [3.8, 4) is 11.5 Å². The number of halogens is 3. The molecule has 0 saturated carbocycles. The van der Waals surface area contributed by atoms with Gasteiger partial charge in [-0.15, -0.1) is 13.2 Å². The van der Waals surface area contributed by atoms with Crippen molar-refractivity contribution in [1.29, 1.82) is 0 Å². The van der Waals surface area contributed by atoms with Crippen LogP contribution in [0.2, 0.25) is 0 Å². The molecule has 0 fully saturated rings. The molecular weight excluding hydrogens is 267 g/mol. The molecule has 0 heterocycles. The first kappa shape index (κ1) is 15.1. The SMILES string of the molecule is COC(=O)[C@H](N)c1ccc(OC(F)(F)F)cc1OC. The van der Waals surface area contributed by atoms with E-state index >= 15 is 0 Å². The van der Waals surface area contributed by atoms with Gasteiger partial charge in [0, 0.05) is 11.6 Å². The van der Waals surface area contributed by atoms with Crippen LogP contribution in [0.15, 0.2) is 18.2 Å². The molecule has 8 heteroatoms. The Kier molecular flexibility index (Phi) is 4.60. The zero-order valence-corrected chi connectivity index (χ0v) is 10.2. The van der Waals surface area contributed by atoms with E-state index in [1.807, 2.05) is 0 Å². The Hall–Kier alpha value is -1.96. The van der Waals surface area contributed by atoms with Gasteiger partial charge in [0.25, 0.3) is 0 Å². The highest BCUT2D eigenvalue weighted by Crippen LogP contribution is 2.31. The van der Waals surface area contributed by atoms with Gasteiger partial charge in [0.15, 0.2) is 0 Å². The van der Waals surface area contributed by atoms with Crippen LogP contribution in [-0.2, 0) is 9.53 Å². The molecule has 0 aliphatic heterocycles. The zero-order chi connectivity index (χ0) is 14.6. The van der Waals surface area contributed by atoms with Gasteiger partial charge in [0.1, 0.15) is 17.5 Å². The molecule has 0 spiro atoms. The van der Waals surface area contributed by atoms with Crippen LogP contribution in [0.1, 0.15) is 11.6 Å². The first-order valence-electron chi connectivity index (χ1n) is 5.05. The molecule has 0 amide bonds. The molecule has 1 aromatic rings. The summed E-state index contributed by atoms with van der Waals surface area (Å²) in [4.78, 5) is 11.3. The summed E-state index contributed by atoms with van der Waals surface area (Å²) in [6.45, 7) is 0. The largest absolute Gasteiger partial charge is 0.573 e. The van der Waals surface area contributed by atoms with Crippen LogP contribution >= 0.6 is 0 Å². The van der Waals surface area contributed by atoms with Crippen molar-refractivity contribution >= 4 is 5.97 Å². The molecule has 5 nitrogen and oxygen atoms in total. The fourth-order valence-electron chi connectivity index (χ4n) is 1.40. The molecule has 0 saturated heterocycles. The number of methoxy groups -OCH3 is 2. The van der Waals surface area contributed by atoms with E-state index in [1.165, 1.54) is 13.2 Å². The van der Waals surface area contributed by atoms with E-state index in [1.54, 1.807) is 0 Å². The van der Waals surface area contributed by atoms with Gasteiger partial charge in [-0.05, 0) is 12.1 Å². The summed E-state index contributed by atoms with van der Waals surface area (Å²) in [5.74, 6) is -1.20. The summed E-state index contributed by atoms with van der Waals surface area (Å²) in [6.07, 6.45) is -4.81. The predicted molar refractivity (Wildman–Crippen MR) is 58.6 cm³/mol. The maximum absolute atomic E-state index is 12.1. The highest BCUT2D eigenvalue weighted by atomic mass is 19.4. The molecule has 0 unspecified atom stereocenters. The summed E-state index contributed by atoms with van der Waals surface area (Å²) in [5, 5.41) is 0. The molecular formula is C11H12F3NO4. The summed E-state index contributed by atoms with van der Waals surface area (Å²) in [6, 6.07) is 2.08. The third kappa shape index (κ3) is 4.02. The zero-order valence-electron chi connectivity index (χ0n) is 10.2. The molecule has 0 radical (unpaired) electrons. The number of benzene rings is 1. The topological polar surface area (TPSA) is 70.8 Å². The summed E-state index contributed by atoms with van der Waals surface area (Å²) in [7, 11) is 2.38. The van der Waals surface area contributed by atoms with Crippen molar-refractivity contribution in [1.82, 2.24) is 0 Å². The first-order chi connectivity index (χ1) is 8.78. The minimum absolute atomic E-state index is 0.000324. The molecule has 0 aromatic heterocycles. The average molecular weight is 279 g/mol. The lowest BCUT2D eigenvalue weighted by atomic mass is 10.1. The molecule has 0 aliphatic rings. The Labute approximate surface area is 107 Å². The van der Waals surface area contributed by atoms with Crippen molar-refractivity contribution in [2.75, 3.05) is 14.2 Å². The second kappa shape index (κ2) is 5.79. The smallest absolute Gasteiger partial charge is 0.496 e. The Morgan fingerprint density at radius 1 is 1.32 bits per heavy atom. The van der Waals surface area contributed by atoms with Crippen molar-refractivity contribution in [2.24, 2.45) is 5.73 Å². The number of carbonyl (C=O) groups excluding carboxylic acids is 1. The number of carbonyl (C=O) groups is 1. The van der Waals surface area contributed by atoms with Crippen molar-refractivity contribution in [3.63, 3.8) is 0 Å². The Bertz CT molecular complexity index is 462. The van der Waals surface area contributed by atoms with Crippen LogP contribution < -0.4 is 15.2 Å². The van der Waals surface area contributed by atoms with Gasteiger partial charge in [-0.1, -0.05) is 0 Å². The van der Waals surface area contributed by atoms with E-state index in [0.717, 1.165) is 19.2 Å². The van der Waals surface area contributed by atoms with Crippen LogP contribution in [0.25, 0.3) is 0 Å². The van der Waals surface area contributed by atoms with Gasteiger partial charge in [-0.25, -0.2) is 0 Å². The van der Waals surface area contributed by atoms with Crippen LogP contribution in [0.4, 0.5) is 13.2 Å². The number of alkyl halides is 3. The van der Waals surface area contributed by atoms with E-state index in [-0.39, 0.29) is 11.3 Å². The van der Waals surface area contributed by atoms with Crippen molar-refractivity contribution in [2.45, 2.75) is 12.4 Å². The van der Waals surface area contributed by atoms with Gasteiger partial charge in [-0.2, -0.15) is 0 Å². The minimum Gasteiger partial charge on any atom is -0.496 e. The van der Waals surface area contributed by atoms with Gasteiger partial charge in [0.2, 0.25) is 0 Å². The number of ether oxygens (including phenoxy) is 3. The van der Waals surface area contributed by atoms with E-state index < -0.39 is 24.1 Å². The third-order valence-electron chi connectivity index (χ3n) is 2.23. The van der Waals surface area contributed by atoms with Gasteiger partial charge < -0.3 is 19.9 Å². The van der Waals surface area contributed by atoms with Gasteiger partial charge in [0.05, 0.1) is 14.2 Å². The fourth-order valence-corrected chi connectivity index (χ4v) is 1.40. The lowest BCUT2D eigenvalue weighted by Crippen LogP contribution is -2.23. The molecule has 106 valence electrons. The van der Waals surface area contributed by atoms with Crippen LogP contribution in [-0.4, -0.2) is 26.6 Å². The normalized spacial score (nSPS) is 12.7. The lowest BCUT2D eigenvalue weighted by Gasteiger charge is -2.15. The molecule has 19 heavy (non-hydrogen) atoms. The minimum atomic E-state index is -4.81. The second-order valence-electron chi connectivity index (χ2n) is 3.45. The number of esters is 1. The predicted octanol–water partition coefficient (Wildman–Crippen LogP) is 1.77. The second-order valence-corrected chi connectivity index (χ2v) is 3.45. The number of rotatable bonds is 4. The van der Waals surface area contributed by atoms with E-state index in [9.17, 15) is 18.0 Å². The third-order valence-corrected chi connectivity index (χ3v) is 2.23. The standard InChI is InChI=1S/C11H12F3NO4/c1-17-8-5-6(19-11(12,13)14)3-4-7(8)9(15)10(16)18-2/h3-5,9H,15H2,1-2H3/t9-/m1/s1. The lowest BCUT2D eigenvalue weighted by molar-refractivity contribution is -0.274. The molecule has 1 atom stereocenters. The van der Waals surface area contributed by atoms with E-state index in [2.05, 4.69) is 9.47 Å². The Balaban J connectivity index is 3.06. The molecule has 1 rings (SSSR count). The molecule has 1 aromatic carbocycles. The number of nitrogens with two attached hydrogens (primary N) is 1.